The van der Waals surface area contributed by atoms with E-state index in [-0.39, 0.29) is 35.7 Å². The lowest BCUT2D eigenvalue weighted by Gasteiger charge is -2.26. The summed E-state index contributed by atoms with van der Waals surface area (Å²) in [4.78, 5) is 66.9. The van der Waals surface area contributed by atoms with Gasteiger partial charge < -0.3 is 23.7 Å². The van der Waals surface area contributed by atoms with Crippen molar-refractivity contribution in [3.05, 3.63) is 121 Å². The van der Waals surface area contributed by atoms with Gasteiger partial charge in [0.2, 0.25) is 5.13 Å². The molecule has 1 heterocycles. The van der Waals surface area contributed by atoms with Gasteiger partial charge in [0.25, 0.3) is 6.47 Å². The first-order valence-corrected chi connectivity index (χ1v) is 20.6. The summed E-state index contributed by atoms with van der Waals surface area (Å²) in [6.45, 7) is 4.46. The number of aromatic nitrogens is 1. The molecule has 0 aliphatic heterocycles. The molecular weight excluding hydrogens is 787 g/mol. The third kappa shape index (κ3) is 12.4. The molecular formula is C46H45N3O10S. The van der Waals surface area contributed by atoms with Gasteiger partial charge in [-0.25, -0.2) is 14.8 Å². The number of rotatable bonds is 21. The van der Waals surface area contributed by atoms with Crippen molar-refractivity contribution in [3.63, 3.8) is 0 Å². The summed E-state index contributed by atoms with van der Waals surface area (Å²) < 4.78 is 28.3. The topological polar surface area (TPSA) is 160 Å². The van der Waals surface area contributed by atoms with Crippen LogP contribution < -0.4 is 24.0 Å². The Bertz CT molecular complexity index is 2250. The van der Waals surface area contributed by atoms with Gasteiger partial charge in [0.1, 0.15) is 29.5 Å². The van der Waals surface area contributed by atoms with Crippen molar-refractivity contribution >= 4 is 63.1 Å². The zero-order valence-electron chi connectivity index (χ0n) is 32.9. The first-order chi connectivity index (χ1) is 29.3. The fourth-order valence-corrected chi connectivity index (χ4v) is 7.42. The number of ether oxygens (including phenoxy) is 5. The van der Waals surface area contributed by atoms with E-state index >= 15 is 0 Å². The highest BCUT2D eigenvalue weighted by Crippen LogP contribution is 2.33. The van der Waals surface area contributed by atoms with Crippen LogP contribution in [0.1, 0.15) is 67.3 Å². The number of unbranched alkanes of at least 4 members (excludes halogenated alkanes) is 3. The molecule has 1 aliphatic carbocycles. The number of hydrogen-bond acceptors (Lipinski definition) is 14. The molecule has 0 amide bonds. The van der Waals surface area contributed by atoms with E-state index in [4.69, 9.17) is 28.7 Å². The Hall–Kier alpha value is -6.67. The summed E-state index contributed by atoms with van der Waals surface area (Å²) in [7, 11) is 0. The molecule has 0 N–H and O–H groups in total. The second-order valence-corrected chi connectivity index (χ2v) is 15.0. The van der Waals surface area contributed by atoms with E-state index < -0.39 is 17.9 Å². The number of nitrogens with zero attached hydrogens (tertiary/aromatic N) is 3. The average molecular weight is 832 g/mol. The summed E-state index contributed by atoms with van der Waals surface area (Å²) in [6, 6.07) is 27.9. The van der Waals surface area contributed by atoms with E-state index in [2.05, 4.69) is 11.7 Å². The van der Waals surface area contributed by atoms with E-state index in [0.29, 0.717) is 73.1 Å². The molecule has 13 nitrogen and oxygen atoms in total. The van der Waals surface area contributed by atoms with E-state index in [0.717, 1.165) is 42.0 Å². The van der Waals surface area contributed by atoms with E-state index in [1.165, 1.54) is 40.8 Å². The second-order valence-electron chi connectivity index (χ2n) is 14.0. The van der Waals surface area contributed by atoms with Crippen LogP contribution in [-0.4, -0.2) is 61.1 Å². The number of ketones is 1. The van der Waals surface area contributed by atoms with Crippen molar-refractivity contribution in [2.45, 2.75) is 51.4 Å². The molecule has 0 unspecified atom stereocenters. The largest absolute Gasteiger partial charge is 0.494 e. The third-order valence-corrected chi connectivity index (χ3v) is 10.8. The Kier molecular flexibility index (Phi) is 15.7. The number of esters is 3. The SMILES string of the molecule is C=CC(=O)OCCCCCCOc1ccc(OC(=O)[C@H]2CC[C@H](C(=O)Oc3ccc(OC=O)cc3/C=N/N(CC(=O)c3ccccc3)c3nc4ccccc4s3)CC2)cc1. The van der Waals surface area contributed by atoms with Gasteiger partial charge in [-0.1, -0.05) is 60.4 Å². The normalized spacial score (nSPS) is 14.9. The maximum Gasteiger partial charge on any atom is 0.330 e. The van der Waals surface area contributed by atoms with Crippen LogP contribution in [0.4, 0.5) is 5.13 Å². The van der Waals surface area contributed by atoms with Gasteiger partial charge in [-0.15, -0.1) is 0 Å². The van der Waals surface area contributed by atoms with Crippen molar-refractivity contribution in [1.29, 1.82) is 0 Å². The fraction of sp³-hybridized carbons (Fsp3) is 0.283. The Morgan fingerprint density at radius 3 is 2.12 bits per heavy atom. The Morgan fingerprint density at radius 2 is 1.42 bits per heavy atom. The smallest absolute Gasteiger partial charge is 0.330 e. The van der Waals surface area contributed by atoms with Gasteiger partial charge >= 0.3 is 17.9 Å². The minimum atomic E-state index is -0.465. The van der Waals surface area contributed by atoms with Gasteiger partial charge in [0.05, 0.1) is 41.5 Å². The highest BCUT2D eigenvalue weighted by molar-refractivity contribution is 7.22. The second kappa shape index (κ2) is 21.9. The van der Waals surface area contributed by atoms with Gasteiger partial charge in [-0.3, -0.25) is 19.2 Å². The summed E-state index contributed by atoms with van der Waals surface area (Å²) in [5.41, 5.74) is 1.60. The highest BCUT2D eigenvalue weighted by atomic mass is 32.1. The number of carbonyl (C=O) groups is 5. The summed E-state index contributed by atoms with van der Waals surface area (Å²) >= 11 is 1.38. The monoisotopic (exact) mass is 831 g/mol. The van der Waals surface area contributed by atoms with Gasteiger partial charge in [0.15, 0.2) is 5.78 Å². The summed E-state index contributed by atoms with van der Waals surface area (Å²) in [5.74, 6) is -0.796. The molecule has 0 atom stereocenters. The van der Waals surface area contributed by atoms with E-state index in [1.54, 1.807) is 48.5 Å². The maximum absolute atomic E-state index is 13.5. The van der Waals surface area contributed by atoms with Gasteiger partial charge in [-0.2, -0.15) is 5.10 Å². The standard InChI is InChI=1S/C46H45N3O10S/c1-2-43(52)56-27-11-4-3-10-26-55-36-20-22-37(23-21-36)58-44(53)33-16-18-34(19-17-33)45(54)59-41-25-24-38(57-31-50)28-35(41)29-47-49(30-40(51)32-12-6-5-7-13-32)46-48-39-14-8-9-15-42(39)60-46/h2,5-9,12-15,20-25,28-29,31,33-34H,1,3-4,10-11,16-19,26-27,30H2/b47-29+/t33-,34-. The van der Waals surface area contributed by atoms with Crippen LogP contribution in [0.5, 0.6) is 23.0 Å². The quantitative estimate of drug-likeness (QED) is 0.0102. The van der Waals surface area contributed by atoms with Crippen LogP contribution in [0.2, 0.25) is 0 Å². The van der Waals surface area contributed by atoms with Crippen LogP contribution in [0.25, 0.3) is 10.2 Å². The van der Waals surface area contributed by atoms with Crippen molar-refractivity contribution < 1.29 is 47.7 Å². The van der Waals surface area contributed by atoms with Crippen LogP contribution in [0.3, 0.4) is 0 Å². The molecule has 1 aromatic heterocycles. The van der Waals surface area contributed by atoms with E-state index in [1.807, 2.05) is 30.3 Å². The fourth-order valence-electron chi connectivity index (χ4n) is 6.50. The molecule has 0 saturated heterocycles. The van der Waals surface area contributed by atoms with Crippen LogP contribution >= 0.6 is 11.3 Å². The minimum Gasteiger partial charge on any atom is -0.494 e. The number of thiazole rings is 1. The molecule has 4 aromatic carbocycles. The molecule has 60 heavy (non-hydrogen) atoms. The Balaban J connectivity index is 1.02. The number of hydrogen-bond donors (Lipinski definition) is 0. The molecule has 0 radical (unpaired) electrons. The molecule has 1 fully saturated rings. The predicted molar refractivity (Wildman–Crippen MR) is 227 cm³/mol. The maximum atomic E-state index is 13.5. The van der Waals surface area contributed by atoms with Crippen LogP contribution in [0, 0.1) is 11.8 Å². The van der Waals surface area contributed by atoms with Crippen LogP contribution in [-0.2, 0) is 23.9 Å². The van der Waals surface area contributed by atoms with E-state index in [9.17, 15) is 24.0 Å². The number of fused-ring (bicyclic) bond motifs is 1. The lowest BCUT2D eigenvalue weighted by molar-refractivity contribution is -0.145. The number of para-hydroxylation sites is 1. The van der Waals surface area contributed by atoms with Crippen molar-refractivity contribution in [2.75, 3.05) is 24.8 Å². The Labute approximate surface area is 351 Å². The number of anilines is 1. The minimum absolute atomic E-state index is 0.118. The van der Waals surface area contributed by atoms with Crippen LogP contribution in [0.15, 0.2) is 115 Å². The summed E-state index contributed by atoms with van der Waals surface area (Å²) in [6.07, 6.45) is 7.83. The molecule has 6 rings (SSSR count). The van der Waals surface area contributed by atoms with Crippen molar-refractivity contribution in [3.8, 4) is 23.0 Å². The van der Waals surface area contributed by atoms with Gasteiger partial charge in [0, 0.05) is 17.2 Å². The number of benzene rings is 4. The van der Waals surface area contributed by atoms with Crippen molar-refractivity contribution in [1.82, 2.24) is 4.98 Å². The first-order valence-electron chi connectivity index (χ1n) is 19.7. The number of Topliss-reactive ketones (excluding diaryl/α,β-unsaturated/α-hetero) is 1. The molecule has 0 spiro atoms. The number of hydrazone groups is 1. The highest BCUT2D eigenvalue weighted by Gasteiger charge is 2.32. The average Bonchev–Trinajstić information content (AvgIpc) is 3.72. The molecule has 5 aromatic rings. The molecule has 310 valence electrons. The molecule has 1 aliphatic rings. The third-order valence-electron chi connectivity index (χ3n) is 9.76. The predicted octanol–water partition coefficient (Wildman–Crippen LogP) is 8.54. The molecule has 0 bridgehead atoms. The zero-order chi connectivity index (χ0) is 42.1. The molecule has 1 saturated carbocycles. The molecule has 14 heteroatoms. The summed E-state index contributed by atoms with van der Waals surface area (Å²) in [5, 5.41) is 6.61. The first kappa shape index (κ1) is 42.9. The number of carbonyl (C=O) groups excluding carboxylic acids is 5. The lowest BCUT2D eigenvalue weighted by atomic mass is 9.82. The zero-order valence-corrected chi connectivity index (χ0v) is 33.8. The van der Waals surface area contributed by atoms with Gasteiger partial charge in [-0.05, 0) is 106 Å². The van der Waals surface area contributed by atoms with Crippen molar-refractivity contribution in [2.24, 2.45) is 16.9 Å². The Morgan fingerprint density at radius 1 is 0.767 bits per heavy atom. The lowest BCUT2D eigenvalue weighted by Crippen LogP contribution is -2.30.